The van der Waals surface area contributed by atoms with Crippen LogP contribution in [0.2, 0.25) is 0 Å². The molecule has 1 heterocycles. The Morgan fingerprint density at radius 2 is 1.73 bits per heavy atom. The molecule has 7 heteroatoms. The number of carbonyl (C=O) groups is 3. The molecular weight excluding hydrogens is 418 g/mol. The van der Waals surface area contributed by atoms with Crippen LogP contribution in [0.4, 0.5) is 5.69 Å². The van der Waals surface area contributed by atoms with Gasteiger partial charge in [-0.1, -0.05) is 18.2 Å². The van der Waals surface area contributed by atoms with Crippen LogP contribution in [0.25, 0.3) is 0 Å². The van der Waals surface area contributed by atoms with Gasteiger partial charge in [0.05, 0.1) is 12.8 Å². The van der Waals surface area contributed by atoms with Crippen molar-refractivity contribution in [3.63, 3.8) is 0 Å². The molecule has 1 aliphatic rings. The van der Waals surface area contributed by atoms with Crippen LogP contribution in [0.15, 0.2) is 65.3 Å². The highest BCUT2D eigenvalue weighted by molar-refractivity contribution is 5.97. The monoisotopic (exact) mass is 445 g/mol. The molecule has 1 aromatic heterocycles. The van der Waals surface area contributed by atoms with E-state index >= 15 is 0 Å². The summed E-state index contributed by atoms with van der Waals surface area (Å²) in [5.41, 5.74) is 3.45. The van der Waals surface area contributed by atoms with Gasteiger partial charge in [0.15, 0.2) is 0 Å². The van der Waals surface area contributed by atoms with Crippen LogP contribution in [-0.4, -0.2) is 28.7 Å². The lowest BCUT2D eigenvalue weighted by molar-refractivity contribution is -0.114. The van der Waals surface area contributed by atoms with E-state index in [9.17, 15) is 14.4 Å². The van der Waals surface area contributed by atoms with Gasteiger partial charge in [0.1, 0.15) is 5.76 Å². The summed E-state index contributed by atoms with van der Waals surface area (Å²) in [6, 6.07) is 16.5. The lowest BCUT2D eigenvalue weighted by Gasteiger charge is -2.23. The molecule has 2 N–H and O–H groups in total. The minimum Gasteiger partial charge on any atom is -0.467 e. The van der Waals surface area contributed by atoms with Crippen molar-refractivity contribution in [3.8, 4) is 0 Å². The van der Waals surface area contributed by atoms with Crippen molar-refractivity contribution in [1.29, 1.82) is 0 Å². The van der Waals surface area contributed by atoms with E-state index in [0.29, 0.717) is 41.7 Å². The van der Waals surface area contributed by atoms with Crippen molar-refractivity contribution in [1.82, 2.24) is 10.2 Å². The average molecular weight is 446 g/mol. The Kier molecular flexibility index (Phi) is 6.58. The second kappa shape index (κ2) is 9.73. The number of hydrogen-bond donors (Lipinski definition) is 2. The highest BCUT2D eigenvalue weighted by Crippen LogP contribution is 2.22. The number of hydrogen-bond acceptors (Lipinski definition) is 4. The molecule has 2 aromatic carbocycles. The Morgan fingerprint density at radius 3 is 2.36 bits per heavy atom. The lowest BCUT2D eigenvalue weighted by Crippen LogP contribution is -2.30. The predicted octanol–water partition coefficient (Wildman–Crippen LogP) is 4.28. The quantitative estimate of drug-likeness (QED) is 0.541. The van der Waals surface area contributed by atoms with Crippen LogP contribution in [0.1, 0.15) is 57.4 Å². The topological polar surface area (TPSA) is 91.7 Å². The van der Waals surface area contributed by atoms with Gasteiger partial charge >= 0.3 is 0 Å². The largest absolute Gasteiger partial charge is 0.467 e. The van der Waals surface area contributed by atoms with Gasteiger partial charge in [0.25, 0.3) is 11.8 Å². The summed E-state index contributed by atoms with van der Waals surface area (Å²) in [6.45, 7) is 3.94. The van der Waals surface area contributed by atoms with E-state index in [1.807, 2.05) is 31.2 Å². The molecule has 0 atom stereocenters. The molecule has 170 valence electrons. The van der Waals surface area contributed by atoms with Crippen molar-refractivity contribution in [2.45, 2.75) is 45.8 Å². The molecule has 1 fully saturated rings. The zero-order chi connectivity index (χ0) is 23.4. The molecule has 0 saturated heterocycles. The maximum atomic E-state index is 13.4. The van der Waals surface area contributed by atoms with Crippen molar-refractivity contribution >= 4 is 23.4 Å². The third-order valence-corrected chi connectivity index (χ3v) is 5.51. The van der Waals surface area contributed by atoms with Gasteiger partial charge < -0.3 is 20.0 Å². The Bertz CT molecular complexity index is 1150. The number of aryl methyl sites for hydroxylation is 1. The summed E-state index contributed by atoms with van der Waals surface area (Å²) in [4.78, 5) is 38.9. The maximum absolute atomic E-state index is 13.4. The molecule has 3 aromatic rings. The average Bonchev–Trinajstić information content (AvgIpc) is 3.45. The van der Waals surface area contributed by atoms with Gasteiger partial charge in [-0.2, -0.15) is 0 Å². The van der Waals surface area contributed by atoms with Crippen molar-refractivity contribution in [2.24, 2.45) is 0 Å². The number of anilines is 1. The number of nitrogens with zero attached hydrogens (tertiary/aromatic N) is 1. The molecular formula is C26H27N3O4. The Labute approximate surface area is 192 Å². The van der Waals surface area contributed by atoms with Crippen LogP contribution in [0.3, 0.4) is 0 Å². The molecule has 0 bridgehead atoms. The molecule has 1 aliphatic carbocycles. The second-order valence-electron chi connectivity index (χ2n) is 8.40. The van der Waals surface area contributed by atoms with Gasteiger partial charge in [-0.3, -0.25) is 14.4 Å². The number of benzene rings is 2. The number of rotatable bonds is 8. The molecule has 3 amide bonds. The second-order valence-corrected chi connectivity index (χ2v) is 8.40. The van der Waals surface area contributed by atoms with E-state index in [0.717, 1.165) is 24.0 Å². The summed E-state index contributed by atoms with van der Waals surface area (Å²) < 4.78 is 5.47. The first-order valence-electron chi connectivity index (χ1n) is 11.0. The zero-order valence-electron chi connectivity index (χ0n) is 18.8. The molecule has 0 spiro atoms. The summed E-state index contributed by atoms with van der Waals surface area (Å²) in [6.07, 6.45) is 3.65. The van der Waals surface area contributed by atoms with E-state index in [-0.39, 0.29) is 17.7 Å². The zero-order valence-corrected chi connectivity index (χ0v) is 18.8. The van der Waals surface area contributed by atoms with E-state index in [1.165, 1.54) is 6.92 Å². The first-order chi connectivity index (χ1) is 15.9. The highest BCUT2D eigenvalue weighted by atomic mass is 16.3. The Hall–Kier alpha value is -3.87. The number of carbonyl (C=O) groups excluding carboxylic acids is 3. The number of nitrogens with one attached hydrogen (secondary N) is 2. The summed E-state index contributed by atoms with van der Waals surface area (Å²) in [5, 5.41) is 5.75. The molecule has 0 unspecified atom stereocenters. The molecule has 1 saturated carbocycles. The third kappa shape index (κ3) is 5.88. The van der Waals surface area contributed by atoms with Gasteiger partial charge in [0, 0.05) is 36.3 Å². The fourth-order valence-electron chi connectivity index (χ4n) is 3.53. The van der Waals surface area contributed by atoms with Crippen LogP contribution in [-0.2, 0) is 17.9 Å². The Morgan fingerprint density at radius 1 is 1.00 bits per heavy atom. The smallest absolute Gasteiger partial charge is 0.254 e. The molecule has 4 rings (SSSR count). The summed E-state index contributed by atoms with van der Waals surface area (Å²) in [7, 11) is 0. The molecule has 0 radical (unpaired) electrons. The fraction of sp³-hybridized carbons (Fsp3) is 0.269. The van der Waals surface area contributed by atoms with Gasteiger partial charge in [0.2, 0.25) is 5.91 Å². The van der Waals surface area contributed by atoms with Crippen LogP contribution in [0.5, 0.6) is 0 Å². The van der Waals surface area contributed by atoms with Crippen molar-refractivity contribution < 1.29 is 18.8 Å². The van der Waals surface area contributed by atoms with Gasteiger partial charge in [-0.05, 0) is 67.3 Å². The van der Waals surface area contributed by atoms with E-state index in [2.05, 4.69) is 10.6 Å². The molecule has 33 heavy (non-hydrogen) atoms. The first-order valence-corrected chi connectivity index (χ1v) is 11.0. The standard InChI is InChI=1S/C26H27N3O4/c1-17-5-8-21(14-24(17)27-18(2)30)26(32)29(16-23-4-3-13-33-23)15-19-6-9-20(10-7-19)25(31)28-22-11-12-22/h3-10,13-14,22H,11-12,15-16H2,1-2H3,(H,27,30)(H,28,31). The van der Waals surface area contributed by atoms with Crippen LogP contribution < -0.4 is 10.6 Å². The third-order valence-electron chi connectivity index (χ3n) is 5.51. The predicted molar refractivity (Wildman–Crippen MR) is 125 cm³/mol. The fourth-order valence-corrected chi connectivity index (χ4v) is 3.53. The van der Waals surface area contributed by atoms with E-state index in [4.69, 9.17) is 4.42 Å². The van der Waals surface area contributed by atoms with E-state index in [1.54, 1.807) is 41.5 Å². The van der Waals surface area contributed by atoms with E-state index < -0.39 is 0 Å². The molecule has 0 aliphatic heterocycles. The first kappa shape index (κ1) is 22.3. The SMILES string of the molecule is CC(=O)Nc1cc(C(=O)N(Cc2ccc(C(=O)NC3CC3)cc2)Cc2ccco2)ccc1C. The Balaban J connectivity index is 1.54. The normalized spacial score (nSPS) is 12.8. The minimum atomic E-state index is -0.194. The maximum Gasteiger partial charge on any atom is 0.254 e. The lowest BCUT2D eigenvalue weighted by atomic mass is 10.1. The van der Waals surface area contributed by atoms with Crippen LogP contribution in [0, 0.1) is 6.92 Å². The highest BCUT2D eigenvalue weighted by Gasteiger charge is 2.24. The van der Waals surface area contributed by atoms with Crippen molar-refractivity contribution in [2.75, 3.05) is 5.32 Å². The van der Waals surface area contributed by atoms with Crippen LogP contribution >= 0.6 is 0 Å². The summed E-state index contributed by atoms with van der Waals surface area (Å²) >= 11 is 0. The number of amides is 3. The summed E-state index contributed by atoms with van der Waals surface area (Å²) in [5.74, 6) is 0.213. The minimum absolute atomic E-state index is 0.0716. The molecule has 7 nitrogen and oxygen atoms in total. The number of furan rings is 1. The van der Waals surface area contributed by atoms with Gasteiger partial charge in [-0.15, -0.1) is 0 Å². The van der Waals surface area contributed by atoms with Crippen molar-refractivity contribution in [3.05, 3.63) is 88.9 Å². The van der Waals surface area contributed by atoms with Gasteiger partial charge in [-0.25, -0.2) is 0 Å².